The molecule has 1 aromatic carbocycles. The Balaban J connectivity index is 1.04. The molecule has 8 rings (SSSR count). The molecule has 7 aliphatic rings. The summed E-state index contributed by atoms with van der Waals surface area (Å²) in [4.78, 5) is 2.65. The van der Waals surface area contributed by atoms with Crippen molar-refractivity contribution in [1.82, 2.24) is 5.32 Å². The van der Waals surface area contributed by atoms with Crippen LogP contribution in [-0.2, 0) is 0 Å². The van der Waals surface area contributed by atoms with Gasteiger partial charge in [0, 0.05) is 41.0 Å². The molecule has 0 amide bonds. The topological polar surface area (TPSA) is 67.3 Å². The summed E-state index contributed by atoms with van der Waals surface area (Å²) in [6.45, 7) is 3.10. The Labute approximate surface area is 314 Å². The first-order valence-corrected chi connectivity index (χ1v) is 20.9. The maximum atomic E-state index is 6.03. The van der Waals surface area contributed by atoms with E-state index in [9.17, 15) is 0 Å². The molecule has 1 aromatic rings. The molecule has 9 unspecified atom stereocenters. The van der Waals surface area contributed by atoms with Crippen LogP contribution in [-0.4, -0.2) is 18.6 Å². The molecule has 4 nitrogen and oxygen atoms in total. The number of fused-ring (bicyclic) bond motifs is 4. The molecule has 2 fully saturated rings. The third-order valence-corrected chi connectivity index (χ3v) is 14.0. The number of allylic oxidation sites excluding steroid dienone is 13. The van der Waals surface area contributed by atoms with Crippen LogP contribution in [0.1, 0.15) is 77.6 Å². The smallest absolute Gasteiger partial charge is 0.0458 e. The zero-order valence-electron chi connectivity index (χ0n) is 31.4. The number of rotatable bonds is 11. The van der Waals surface area contributed by atoms with Crippen LogP contribution in [0.3, 0.4) is 0 Å². The monoisotopic (exact) mass is 694 g/mol. The molecule has 9 atom stereocenters. The lowest BCUT2D eigenvalue weighted by Crippen LogP contribution is -2.50. The zero-order chi connectivity index (χ0) is 35.4. The molecule has 0 aromatic heterocycles. The number of nitrogens with two attached hydrogens (primary N) is 2. The summed E-state index contributed by atoms with van der Waals surface area (Å²) in [7, 11) is 0. The summed E-state index contributed by atoms with van der Waals surface area (Å²) in [6.07, 6.45) is 47.5. The highest BCUT2D eigenvalue weighted by molar-refractivity contribution is 5.71. The van der Waals surface area contributed by atoms with Crippen LogP contribution >= 0.6 is 0 Å². The first-order chi connectivity index (χ1) is 25.7. The Morgan fingerprint density at radius 1 is 0.885 bits per heavy atom. The van der Waals surface area contributed by atoms with E-state index in [0.29, 0.717) is 59.4 Å². The van der Waals surface area contributed by atoms with Crippen molar-refractivity contribution in [3.63, 3.8) is 0 Å². The third-order valence-electron chi connectivity index (χ3n) is 14.0. The third kappa shape index (κ3) is 7.06. The molecule has 52 heavy (non-hydrogen) atoms. The first kappa shape index (κ1) is 35.4. The first-order valence-electron chi connectivity index (χ1n) is 20.9. The van der Waals surface area contributed by atoms with Gasteiger partial charge >= 0.3 is 0 Å². The summed E-state index contributed by atoms with van der Waals surface area (Å²) in [5, 5.41) is 4.11. The maximum Gasteiger partial charge on any atom is 0.0458 e. The molecule has 2 heterocycles. The van der Waals surface area contributed by atoms with Crippen LogP contribution in [0.25, 0.3) is 0 Å². The van der Waals surface area contributed by atoms with Crippen molar-refractivity contribution in [2.24, 2.45) is 64.7 Å². The van der Waals surface area contributed by atoms with Gasteiger partial charge in [-0.3, -0.25) is 0 Å². The zero-order valence-corrected chi connectivity index (χ0v) is 31.4. The van der Waals surface area contributed by atoms with Gasteiger partial charge in [-0.2, -0.15) is 0 Å². The highest BCUT2D eigenvalue weighted by Crippen LogP contribution is 2.53. The normalized spacial score (nSPS) is 35.7. The molecule has 1 saturated heterocycles. The van der Waals surface area contributed by atoms with E-state index >= 15 is 0 Å². The minimum Gasteiger partial charge on any atom is -0.405 e. The summed E-state index contributed by atoms with van der Waals surface area (Å²) in [5.74, 6) is 5.04. The largest absolute Gasteiger partial charge is 0.405 e. The second kappa shape index (κ2) is 16.2. The Hall–Kier alpha value is -3.60. The fourth-order valence-corrected chi connectivity index (χ4v) is 11.2. The van der Waals surface area contributed by atoms with Gasteiger partial charge < -0.3 is 21.7 Å². The van der Waals surface area contributed by atoms with Gasteiger partial charge in [0.15, 0.2) is 0 Å². The lowest BCUT2D eigenvalue weighted by molar-refractivity contribution is 0.200. The number of nitrogens with one attached hydrogen (secondary N) is 1. The number of para-hydroxylation sites is 1. The van der Waals surface area contributed by atoms with E-state index in [-0.39, 0.29) is 0 Å². The predicted molar refractivity (Wildman–Crippen MR) is 219 cm³/mol. The Morgan fingerprint density at radius 2 is 1.67 bits per heavy atom. The standard InChI is InChI=1S/C48H62N4/c1-2-34(28-30-50)45-16-10-17-46(51-45)42-27-26-39(40-14-6-7-15-41(40)42)37-23-25-44-43-24-22-36(35-20-18-33(19-21-35)11-8-9-29-49)31-47(43)52(48(44)32-37)38-12-4-3-5-13-38/h3-7,9-10,12-15,17,22,25-27,29,31-35,37,39-43,45-46,51H,2,8,11,16,18-21,23-24,28,30,49-50H2,1H3/b29-9-. The highest BCUT2D eigenvalue weighted by atomic mass is 15.2. The average Bonchev–Trinajstić information content (AvgIpc) is 3.53. The summed E-state index contributed by atoms with van der Waals surface area (Å²) in [5.41, 5.74) is 19.0. The van der Waals surface area contributed by atoms with E-state index in [1.165, 1.54) is 55.6 Å². The van der Waals surface area contributed by atoms with Crippen molar-refractivity contribution in [2.45, 2.75) is 89.6 Å². The quantitative estimate of drug-likeness (QED) is 0.202. The second-order valence-corrected chi connectivity index (χ2v) is 16.7. The van der Waals surface area contributed by atoms with E-state index in [0.717, 1.165) is 44.6 Å². The van der Waals surface area contributed by atoms with Crippen LogP contribution in [0.15, 0.2) is 138 Å². The molecule has 1 saturated carbocycles. The van der Waals surface area contributed by atoms with E-state index in [1.54, 1.807) is 17.3 Å². The van der Waals surface area contributed by atoms with Crippen molar-refractivity contribution in [3.05, 3.63) is 138 Å². The Bertz CT molecular complexity index is 1680. The van der Waals surface area contributed by atoms with Crippen molar-refractivity contribution in [3.8, 4) is 0 Å². The van der Waals surface area contributed by atoms with Gasteiger partial charge in [-0.25, -0.2) is 0 Å². The van der Waals surface area contributed by atoms with Crippen molar-refractivity contribution in [2.75, 3.05) is 11.4 Å². The van der Waals surface area contributed by atoms with Crippen LogP contribution in [0.4, 0.5) is 5.69 Å². The Morgan fingerprint density at radius 3 is 2.44 bits per heavy atom. The van der Waals surface area contributed by atoms with Crippen LogP contribution in [0.2, 0.25) is 0 Å². The fourth-order valence-electron chi connectivity index (χ4n) is 11.2. The van der Waals surface area contributed by atoms with Gasteiger partial charge in [-0.15, -0.1) is 0 Å². The number of nitrogens with zero attached hydrogens (tertiary/aromatic N) is 1. The molecule has 5 N–H and O–H groups in total. The average molecular weight is 695 g/mol. The lowest BCUT2D eigenvalue weighted by atomic mass is 9.62. The van der Waals surface area contributed by atoms with E-state index in [1.807, 2.05) is 0 Å². The molecule has 4 heteroatoms. The maximum absolute atomic E-state index is 6.03. The highest BCUT2D eigenvalue weighted by Gasteiger charge is 2.45. The van der Waals surface area contributed by atoms with Gasteiger partial charge in [0.1, 0.15) is 0 Å². The number of anilines is 1. The van der Waals surface area contributed by atoms with Gasteiger partial charge in [0.25, 0.3) is 0 Å². The molecule has 274 valence electrons. The molecule has 0 spiro atoms. The van der Waals surface area contributed by atoms with Gasteiger partial charge in [-0.05, 0) is 148 Å². The SMILES string of the molecule is CCC(CCN)C1CC=CC(C2C=CC(C3C=C4C(=CC3)C3CC=C(C5CCC(CC/C=C\N)CC5)C=C3N4c3ccccc3)C3C=CC=CC23)N1. The van der Waals surface area contributed by atoms with Crippen molar-refractivity contribution in [1.29, 1.82) is 0 Å². The summed E-state index contributed by atoms with van der Waals surface area (Å²) >= 11 is 0. The van der Waals surface area contributed by atoms with Crippen molar-refractivity contribution < 1.29 is 0 Å². The number of hydrogen-bond donors (Lipinski definition) is 3. The van der Waals surface area contributed by atoms with E-state index in [2.05, 4.69) is 126 Å². The Kier molecular flexibility index (Phi) is 11.0. The molecular weight excluding hydrogens is 633 g/mol. The second-order valence-electron chi connectivity index (χ2n) is 16.7. The fraction of sp³-hybridized carbons (Fsp3) is 0.500. The minimum atomic E-state index is 0.367. The molecule has 2 aliphatic heterocycles. The van der Waals surface area contributed by atoms with E-state index in [4.69, 9.17) is 11.5 Å². The van der Waals surface area contributed by atoms with Crippen LogP contribution in [0, 0.1) is 53.3 Å². The van der Waals surface area contributed by atoms with Gasteiger partial charge in [-0.1, -0.05) is 104 Å². The number of hydrogen-bond acceptors (Lipinski definition) is 4. The molecule has 5 aliphatic carbocycles. The minimum absolute atomic E-state index is 0.367. The molecule has 0 radical (unpaired) electrons. The number of benzene rings is 1. The van der Waals surface area contributed by atoms with Gasteiger partial charge in [0.2, 0.25) is 0 Å². The molecular formula is C48H62N4. The summed E-state index contributed by atoms with van der Waals surface area (Å²) < 4.78 is 0. The van der Waals surface area contributed by atoms with Crippen LogP contribution < -0.4 is 21.7 Å². The van der Waals surface area contributed by atoms with Crippen LogP contribution in [0.5, 0.6) is 0 Å². The van der Waals surface area contributed by atoms with Crippen molar-refractivity contribution >= 4 is 5.69 Å². The van der Waals surface area contributed by atoms with E-state index < -0.39 is 0 Å². The predicted octanol–water partition coefficient (Wildman–Crippen LogP) is 10.0. The summed E-state index contributed by atoms with van der Waals surface area (Å²) in [6, 6.07) is 12.1. The lowest BCUT2D eigenvalue weighted by Gasteiger charge is -2.45. The van der Waals surface area contributed by atoms with Gasteiger partial charge in [0.05, 0.1) is 0 Å². The molecule has 0 bridgehead atoms.